The first-order chi connectivity index (χ1) is 18.2. The number of benzene rings is 3. The summed E-state index contributed by atoms with van der Waals surface area (Å²) in [5, 5.41) is 8.45. The molecule has 1 saturated heterocycles. The smallest absolute Gasteiger partial charge is 0.196 e. The molecule has 8 heteroatoms. The van der Waals surface area contributed by atoms with Crippen LogP contribution in [0.15, 0.2) is 83.5 Å². The van der Waals surface area contributed by atoms with E-state index in [1.165, 1.54) is 12.1 Å². The highest BCUT2D eigenvalue weighted by atomic mass is 19.1. The molecule has 0 bridgehead atoms. The van der Waals surface area contributed by atoms with Gasteiger partial charge in [0.15, 0.2) is 11.5 Å². The maximum atomic E-state index is 14.0. The van der Waals surface area contributed by atoms with E-state index in [9.17, 15) is 9.18 Å². The summed E-state index contributed by atoms with van der Waals surface area (Å²) in [6.07, 6.45) is 1.80. The van der Waals surface area contributed by atoms with Crippen LogP contribution >= 0.6 is 0 Å². The van der Waals surface area contributed by atoms with Gasteiger partial charge in [0.05, 0.1) is 22.3 Å². The molecule has 1 aliphatic heterocycles. The van der Waals surface area contributed by atoms with E-state index >= 15 is 0 Å². The van der Waals surface area contributed by atoms with Gasteiger partial charge in [-0.3, -0.25) is 4.79 Å². The lowest BCUT2D eigenvalue weighted by Crippen LogP contribution is -2.47. The van der Waals surface area contributed by atoms with E-state index in [1.54, 1.807) is 24.4 Å². The Bertz CT molecular complexity index is 1660. The molecule has 0 atom stereocenters. The van der Waals surface area contributed by atoms with Gasteiger partial charge in [0, 0.05) is 49.2 Å². The number of fused-ring (bicyclic) bond motifs is 2. The number of nitrogens with zero attached hydrogens (tertiary/aromatic N) is 4. The molecule has 37 heavy (non-hydrogen) atoms. The summed E-state index contributed by atoms with van der Waals surface area (Å²) in [5.74, 6) is 1.07. The fourth-order valence-corrected chi connectivity index (χ4v) is 5.32. The van der Waals surface area contributed by atoms with E-state index in [4.69, 9.17) is 4.52 Å². The summed E-state index contributed by atoms with van der Waals surface area (Å²) in [6, 6.07) is 21.5. The number of hydrogen-bond donors (Lipinski definition) is 1. The van der Waals surface area contributed by atoms with Gasteiger partial charge in [0.25, 0.3) is 0 Å². The van der Waals surface area contributed by atoms with Crippen molar-refractivity contribution < 1.29 is 13.7 Å². The van der Waals surface area contributed by atoms with Gasteiger partial charge in [-0.2, -0.15) is 0 Å². The molecule has 7 nitrogen and oxygen atoms in total. The maximum absolute atomic E-state index is 14.0. The Balaban J connectivity index is 1.35. The van der Waals surface area contributed by atoms with Gasteiger partial charge in [0.1, 0.15) is 17.2 Å². The average Bonchev–Trinajstić information content (AvgIpc) is 3.38. The molecular weight excluding hydrogens is 469 g/mol. The highest BCUT2D eigenvalue weighted by molar-refractivity contribution is 6.28. The molecule has 3 aromatic carbocycles. The van der Waals surface area contributed by atoms with Crippen LogP contribution in [0, 0.1) is 5.82 Å². The highest BCUT2D eigenvalue weighted by Crippen LogP contribution is 2.46. The van der Waals surface area contributed by atoms with Crippen molar-refractivity contribution in [2.75, 3.05) is 41.3 Å². The number of nitrogens with one attached hydrogen (secondary N) is 1. The van der Waals surface area contributed by atoms with E-state index in [0.717, 1.165) is 43.2 Å². The zero-order chi connectivity index (χ0) is 24.9. The fourth-order valence-electron chi connectivity index (χ4n) is 5.32. The minimum absolute atomic E-state index is 0.110. The van der Waals surface area contributed by atoms with Crippen LogP contribution in [-0.4, -0.2) is 42.1 Å². The predicted molar refractivity (Wildman–Crippen MR) is 141 cm³/mol. The van der Waals surface area contributed by atoms with Crippen LogP contribution in [0.5, 0.6) is 0 Å². The second kappa shape index (κ2) is 8.44. The van der Waals surface area contributed by atoms with Crippen LogP contribution in [0.1, 0.15) is 15.9 Å². The SMILES string of the molecule is O=C1c2ccccc2-c2onc3c(N4CCN(c5ccccn5)CC4)cc(Nc4cccc(F)c4)c1c23. The lowest BCUT2D eigenvalue weighted by atomic mass is 9.86. The summed E-state index contributed by atoms with van der Waals surface area (Å²) in [7, 11) is 0. The Morgan fingerprint density at radius 2 is 1.65 bits per heavy atom. The first-order valence-corrected chi connectivity index (χ1v) is 12.2. The Morgan fingerprint density at radius 3 is 2.43 bits per heavy atom. The zero-order valence-electron chi connectivity index (χ0n) is 19.8. The Morgan fingerprint density at radius 1 is 0.865 bits per heavy atom. The number of anilines is 4. The number of carbonyl (C=O) groups excluding carboxylic acids is 1. The second-order valence-electron chi connectivity index (χ2n) is 9.23. The molecule has 1 N–H and O–H groups in total. The Kier molecular flexibility index (Phi) is 4.92. The van der Waals surface area contributed by atoms with E-state index < -0.39 is 0 Å². The molecule has 1 fully saturated rings. The fraction of sp³-hybridized carbons (Fsp3) is 0.138. The molecule has 0 unspecified atom stereocenters. The number of carbonyl (C=O) groups is 1. The zero-order valence-corrected chi connectivity index (χ0v) is 19.8. The van der Waals surface area contributed by atoms with Crippen LogP contribution in [0.4, 0.5) is 27.3 Å². The minimum atomic E-state index is -0.354. The molecule has 5 aromatic rings. The molecule has 182 valence electrons. The lowest BCUT2D eigenvalue weighted by molar-refractivity contribution is 0.104. The third kappa shape index (κ3) is 3.52. The summed E-state index contributed by atoms with van der Waals surface area (Å²) in [4.78, 5) is 22.7. The van der Waals surface area contributed by atoms with Crippen LogP contribution in [0.25, 0.3) is 22.2 Å². The third-order valence-electron chi connectivity index (χ3n) is 7.08. The van der Waals surface area contributed by atoms with Gasteiger partial charge in [-0.05, 0) is 36.4 Å². The molecule has 0 amide bonds. The third-order valence-corrected chi connectivity index (χ3v) is 7.08. The van der Waals surface area contributed by atoms with E-state index in [2.05, 4.69) is 25.3 Å². The number of aromatic nitrogens is 2. The predicted octanol–water partition coefficient (Wildman–Crippen LogP) is 5.64. The number of hydrogen-bond acceptors (Lipinski definition) is 7. The quantitative estimate of drug-likeness (QED) is 0.342. The van der Waals surface area contributed by atoms with Gasteiger partial charge in [-0.1, -0.05) is 41.6 Å². The number of rotatable bonds is 4. The van der Waals surface area contributed by atoms with Crippen molar-refractivity contribution in [2.24, 2.45) is 0 Å². The molecule has 7 rings (SSSR count). The van der Waals surface area contributed by atoms with Crippen molar-refractivity contribution in [2.45, 2.75) is 0 Å². The van der Waals surface area contributed by atoms with Gasteiger partial charge < -0.3 is 19.6 Å². The van der Waals surface area contributed by atoms with Crippen molar-refractivity contribution >= 4 is 39.6 Å². The second-order valence-corrected chi connectivity index (χ2v) is 9.23. The maximum Gasteiger partial charge on any atom is 0.196 e. The first kappa shape index (κ1) is 21.6. The molecule has 3 heterocycles. The molecule has 2 aliphatic rings. The topological polar surface area (TPSA) is 74.5 Å². The van der Waals surface area contributed by atoms with Gasteiger partial charge in [-0.15, -0.1) is 0 Å². The number of ketones is 1. The van der Waals surface area contributed by atoms with Gasteiger partial charge in [-0.25, -0.2) is 9.37 Å². The normalized spacial score (nSPS) is 14.7. The molecule has 2 aromatic heterocycles. The van der Waals surface area contributed by atoms with Crippen LogP contribution < -0.4 is 15.1 Å². The minimum Gasteiger partial charge on any atom is -0.366 e. The molecule has 0 spiro atoms. The van der Waals surface area contributed by atoms with E-state index in [1.807, 2.05) is 42.5 Å². The van der Waals surface area contributed by atoms with Crippen molar-refractivity contribution in [1.29, 1.82) is 0 Å². The van der Waals surface area contributed by atoms with Crippen LogP contribution in [-0.2, 0) is 0 Å². The largest absolute Gasteiger partial charge is 0.366 e. The van der Waals surface area contributed by atoms with Crippen LogP contribution in [0.2, 0.25) is 0 Å². The molecule has 0 radical (unpaired) electrons. The van der Waals surface area contributed by atoms with Crippen LogP contribution in [0.3, 0.4) is 0 Å². The standard InChI is InChI=1S/C29H22FN5O2/c30-18-6-5-7-19(16-18)32-22-17-23(34-12-14-35(15-13-34)24-10-3-4-11-31-24)27-26-25(22)28(36)20-8-1-2-9-21(20)29(26)37-33-27/h1-11,16-17,32H,12-15H2. The highest BCUT2D eigenvalue weighted by Gasteiger charge is 2.34. The first-order valence-electron chi connectivity index (χ1n) is 12.2. The summed E-state index contributed by atoms with van der Waals surface area (Å²) < 4.78 is 19.9. The summed E-state index contributed by atoms with van der Waals surface area (Å²) in [5.41, 5.74) is 4.48. The van der Waals surface area contributed by atoms with Gasteiger partial charge >= 0.3 is 0 Å². The summed E-state index contributed by atoms with van der Waals surface area (Å²) in [6.45, 7) is 3.08. The average molecular weight is 492 g/mol. The summed E-state index contributed by atoms with van der Waals surface area (Å²) >= 11 is 0. The molecule has 0 saturated carbocycles. The van der Waals surface area contributed by atoms with E-state index in [-0.39, 0.29) is 11.6 Å². The van der Waals surface area contributed by atoms with E-state index in [0.29, 0.717) is 39.2 Å². The Hall–Kier alpha value is -4.72. The van der Waals surface area contributed by atoms with Crippen molar-refractivity contribution in [3.63, 3.8) is 0 Å². The number of halogens is 1. The molecule has 1 aliphatic carbocycles. The number of pyridine rings is 1. The van der Waals surface area contributed by atoms with Crippen molar-refractivity contribution in [1.82, 2.24) is 10.1 Å². The van der Waals surface area contributed by atoms with Crippen molar-refractivity contribution in [3.05, 3.63) is 95.9 Å². The number of piperazine rings is 1. The Labute approximate surface area is 212 Å². The van der Waals surface area contributed by atoms with Gasteiger partial charge in [0.2, 0.25) is 0 Å². The lowest BCUT2D eigenvalue weighted by Gasteiger charge is -2.37. The molecular formula is C29H22FN5O2. The van der Waals surface area contributed by atoms with Crippen molar-refractivity contribution in [3.8, 4) is 11.3 Å². The monoisotopic (exact) mass is 491 g/mol.